The highest BCUT2D eigenvalue weighted by Crippen LogP contribution is 2.22. The van der Waals surface area contributed by atoms with Crippen molar-refractivity contribution in [3.63, 3.8) is 0 Å². The van der Waals surface area contributed by atoms with Crippen molar-refractivity contribution in [3.8, 4) is 0 Å². The molecule has 2 aromatic carbocycles. The minimum atomic E-state index is -0.812. The molecule has 2 aromatic rings. The largest absolute Gasteiger partial charge is 0.391 e. The predicted molar refractivity (Wildman–Crippen MR) is 93.9 cm³/mol. The number of carbonyl (C=O) groups excluding carboxylic acids is 1. The lowest BCUT2D eigenvalue weighted by atomic mass is 10.1. The lowest BCUT2D eigenvalue weighted by Crippen LogP contribution is -2.47. The lowest BCUT2D eigenvalue weighted by Gasteiger charge is -2.18. The Kier molecular flexibility index (Phi) is 6.65. The molecule has 0 heterocycles. The number of primary amides is 1. The Morgan fingerprint density at radius 2 is 1.78 bits per heavy atom. The summed E-state index contributed by atoms with van der Waals surface area (Å²) in [6, 6.07) is 17.8. The molecule has 5 heteroatoms. The molecule has 0 bridgehead atoms. The first-order valence-electron chi connectivity index (χ1n) is 7.52. The van der Waals surface area contributed by atoms with Gasteiger partial charge in [-0.05, 0) is 30.2 Å². The molecule has 0 spiro atoms. The maximum absolute atomic E-state index is 11.2. The van der Waals surface area contributed by atoms with Crippen LogP contribution in [0.1, 0.15) is 18.1 Å². The van der Waals surface area contributed by atoms with Crippen LogP contribution < -0.4 is 11.1 Å². The summed E-state index contributed by atoms with van der Waals surface area (Å²) in [4.78, 5) is 12.4. The van der Waals surface area contributed by atoms with Gasteiger partial charge >= 0.3 is 0 Å². The standard InChI is InChI=1S/C18H22N2O2S/c1-13(21)17(18(19)22)20-11-14-7-9-16(10-8-14)23-12-15-5-3-2-4-6-15/h2-10,13,17,20-21H,11-12H2,1H3,(H2,19,22). The molecule has 0 radical (unpaired) electrons. The van der Waals surface area contributed by atoms with Crippen LogP contribution in [-0.2, 0) is 17.1 Å². The number of aliphatic hydroxyl groups is 1. The van der Waals surface area contributed by atoms with Crippen molar-refractivity contribution in [1.82, 2.24) is 5.32 Å². The average molecular weight is 330 g/mol. The first-order chi connectivity index (χ1) is 11.1. The van der Waals surface area contributed by atoms with Crippen LogP contribution in [-0.4, -0.2) is 23.2 Å². The zero-order chi connectivity index (χ0) is 16.7. The molecule has 2 unspecified atom stereocenters. The van der Waals surface area contributed by atoms with Gasteiger partial charge in [0.05, 0.1) is 6.10 Å². The number of nitrogens with two attached hydrogens (primary N) is 1. The van der Waals surface area contributed by atoms with Crippen LogP contribution in [0.5, 0.6) is 0 Å². The van der Waals surface area contributed by atoms with Crippen LogP contribution in [0.3, 0.4) is 0 Å². The van der Waals surface area contributed by atoms with E-state index in [2.05, 4.69) is 29.6 Å². The molecule has 0 aromatic heterocycles. The Bertz CT molecular complexity index is 615. The highest BCUT2D eigenvalue weighted by atomic mass is 32.2. The van der Waals surface area contributed by atoms with E-state index in [0.29, 0.717) is 6.54 Å². The second kappa shape index (κ2) is 8.72. The van der Waals surface area contributed by atoms with Crippen molar-refractivity contribution < 1.29 is 9.90 Å². The monoisotopic (exact) mass is 330 g/mol. The summed E-state index contributed by atoms with van der Waals surface area (Å²) >= 11 is 1.78. The number of amides is 1. The molecule has 2 rings (SSSR count). The third-order valence-corrected chi connectivity index (χ3v) is 4.57. The van der Waals surface area contributed by atoms with Gasteiger partial charge in [-0.25, -0.2) is 0 Å². The molecule has 23 heavy (non-hydrogen) atoms. The predicted octanol–water partition coefficient (Wildman–Crippen LogP) is 2.30. The number of hydrogen-bond donors (Lipinski definition) is 3. The Morgan fingerprint density at radius 1 is 1.13 bits per heavy atom. The smallest absolute Gasteiger partial charge is 0.237 e. The normalized spacial score (nSPS) is 13.5. The van der Waals surface area contributed by atoms with Gasteiger partial charge in [0, 0.05) is 17.2 Å². The Hall–Kier alpha value is -1.82. The van der Waals surface area contributed by atoms with E-state index in [4.69, 9.17) is 5.73 Å². The molecule has 0 aliphatic carbocycles. The van der Waals surface area contributed by atoms with Crippen LogP contribution in [0.2, 0.25) is 0 Å². The average Bonchev–Trinajstić information content (AvgIpc) is 2.54. The summed E-state index contributed by atoms with van der Waals surface area (Å²) < 4.78 is 0. The molecule has 122 valence electrons. The van der Waals surface area contributed by atoms with E-state index in [1.165, 1.54) is 10.5 Å². The van der Waals surface area contributed by atoms with Crippen LogP contribution in [0.15, 0.2) is 59.5 Å². The van der Waals surface area contributed by atoms with Crippen LogP contribution >= 0.6 is 11.8 Å². The van der Waals surface area contributed by atoms with Crippen LogP contribution in [0.4, 0.5) is 0 Å². The van der Waals surface area contributed by atoms with Crippen LogP contribution in [0.25, 0.3) is 0 Å². The minimum Gasteiger partial charge on any atom is -0.391 e. The number of thioether (sulfide) groups is 1. The van der Waals surface area contributed by atoms with Gasteiger partial charge < -0.3 is 10.8 Å². The fourth-order valence-corrected chi connectivity index (χ4v) is 3.04. The Labute approximate surface area is 141 Å². The first kappa shape index (κ1) is 17.5. The molecule has 0 saturated carbocycles. The Balaban J connectivity index is 1.85. The molecule has 4 N–H and O–H groups in total. The molecule has 2 atom stereocenters. The van der Waals surface area contributed by atoms with Gasteiger partial charge in [0.25, 0.3) is 0 Å². The number of hydrogen-bond acceptors (Lipinski definition) is 4. The minimum absolute atomic E-state index is 0.488. The van der Waals surface area contributed by atoms with Crippen molar-refractivity contribution in [1.29, 1.82) is 0 Å². The summed E-state index contributed by atoms with van der Waals surface area (Å²) in [7, 11) is 0. The third-order valence-electron chi connectivity index (χ3n) is 3.49. The summed E-state index contributed by atoms with van der Waals surface area (Å²) in [5, 5.41) is 12.5. The van der Waals surface area contributed by atoms with E-state index in [-0.39, 0.29) is 0 Å². The van der Waals surface area contributed by atoms with Gasteiger partial charge in [0.2, 0.25) is 5.91 Å². The van der Waals surface area contributed by atoms with Crippen molar-refractivity contribution in [2.45, 2.75) is 36.3 Å². The summed E-state index contributed by atoms with van der Waals surface area (Å²) in [6.07, 6.45) is -0.812. The van der Waals surface area contributed by atoms with E-state index in [0.717, 1.165) is 11.3 Å². The molecule has 0 fully saturated rings. The molecule has 0 aliphatic rings. The number of carbonyl (C=O) groups is 1. The van der Waals surface area contributed by atoms with Crippen molar-refractivity contribution in [2.24, 2.45) is 5.73 Å². The fourth-order valence-electron chi connectivity index (χ4n) is 2.18. The molecule has 1 amide bonds. The molecule has 0 aliphatic heterocycles. The highest BCUT2D eigenvalue weighted by Gasteiger charge is 2.19. The van der Waals surface area contributed by atoms with Gasteiger partial charge in [0.15, 0.2) is 0 Å². The van der Waals surface area contributed by atoms with E-state index >= 15 is 0 Å². The van der Waals surface area contributed by atoms with Gasteiger partial charge in [0.1, 0.15) is 6.04 Å². The number of nitrogens with one attached hydrogen (secondary N) is 1. The van der Waals surface area contributed by atoms with Gasteiger partial charge in [-0.3, -0.25) is 10.1 Å². The topological polar surface area (TPSA) is 75.3 Å². The third kappa shape index (κ3) is 5.71. The number of rotatable bonds is 8. The number of aliphatic hydroxyl groups excluding tert-OH is 1. The van der Waals surface area contributed by atoms with Gasteiger partial charge in [-0.2, -0.15) is 0 Å². The first-order valence-corrected chi connectivity index (χ1v) is 8.51. The highest BCUT2D eigenvalue weighted by molar-refractivity contribution is 7.98. The summed E-state index contributed by atoms with van der Waals surface area (Å²) in [5.74, 6) is 0.388. The fraction of sp³-hybridized carbons (Fsp3) is 0.278. The van der Waals surface area contributed by atoms with E-state index < -0.39 is 18.1 Å². The van der Waals surface area contributed by atoms with Gasteiger partial charge in [-0.15, -0.1) is 11.8 Å². The Morgan fingerprint density at radius 3 is 2.35 bits per heavy atom. The maximum atomic E-state index is 11.2. The van der Waals surface area contributed by atoms with E-state index in [9.17, 15) is 9.90 Å². The second-order valence-electron chi connectivity index (χ2n) is 5.42. The maximum Gasteiger partial charge on any atom is 0.237 e. The molecular formula is C18H22N2O2S. The van der Waals surface area contributed by atoms with Crippen molar-refractivity contribution >= 4 is 17.7 Å². The quantitative estimate of drug-likeness (QED) is 0.649. The SMILES string of the molecule is CC(O)C(NCc1ccc(SCc2ccccc2)cc1)C(N)=O. The van der Waals surface area contributed by atoms with Crippen molar-refractivity contribution in [3.05, 3.63) is 65.7 Å². The van der Waals surface area contributed by atoms with E-state index in [1.54, 1.807) is 18.7 Å². The van der Waals surface area contributed by atoms with Gasteiger partial charge in [-0.1, -0.05) is 42.5 Å². The second-order valence-corrected chi connectivity index (χ2v) is 6.47. The van der Waals surface area contributed by atoms with E-state index in [1.807, 2.05) is 30.3 Å². The zero-order valence-corrected chi connectivity index (χ0v) is 13.9. The van der Waals surface area contributed by atoms with Crippen LogP contribution in [0, 0.1) is 0 Å². The molecule has 4 nitrogen and oxygen atoms in total. The lowest BCUT2D eigenvalue weighted by molar-refractivity contribution is -0.122. The summed E-state index contributed by atoms with van der Waals surface area (Å²) in [6.45, 7) is 2.04. The van der Waals surface area contributed by atoms with Crippen molar-refractivity contribution in [2.75, 3.05) is 0 Å². The number of benzene rings is 2. The zero-order valence-electron chi connectivity index (χ0n) is 13.1. The summed E-state index contributed by atoms with van der Waals surface area (Å²) in [5.41, 5.74) is 7.59. The molecule has 0 saturated heterocycles. The molecular weight excluding hydrogens is 308 g/mol.